The van der Waals surface area contributed by atoms with E-state index in [1.165, 1.54) is 24.3 Å². The Balaban J connectivity index is 2.81. The van der Waals surface area contributed by atoms with Crippen LogP contribution in [0.3, 0.4) is 0 Å². The number of hydrogen-bond donors (Lipinski definition) is 3. The predicted octanol–water partition coefficient (Wildman–Crippen LogP) is 1.06. The lowest BCUT2D eigenvalue weighted by molar-refractivity contribution is -0.124. The SMILES string of the molecule is C=CCC(C)NC(=O)C(CO)NS(=O)(=O)c1ccc(Cl)cc1. The molecule has 1 rings (SSSR count). The quantitative estimate of drug-likeness (QED) is 0.613. The Bertz CT molecular complexity index is 616. The van der Waals surface area contributed by atoms with Gasteiger partial charge in [-0.1, -0.05) is 17.7 Å². The second-order valence-corrected chi connectivity index (χ2v) is 6.89. The number of halogens is 1. The van der Waals surface area contributed by atoms with Crippen LogP contribution in [0.5, 0.6) is 0 Å². The molecule has 2 atom stereocenters. The van der Waals surface area contributed by atoms with Crippen molar-refractivity contribution in [1.82, 2.24) is 10.0 Å². The van der Waals surface area contributed by atoms with E-state index in [-0.39, 0.29) is 10.9 Å². The van der Waals surface area contributed by atoms with E-state index >= 15 is 0 Å². The minimum atomic E-state index is -3.93. The van der Waals surface area contributed by atoms with Crippen molar-refractivity contribution in [3.8, 4) is 0 Å². The van der Waals surface area contributed by atoms with Crippen molar-refractivity contribution in [1.29, 1.82) is 0 Å². The molecule has 1 aromatic carbocycles. The fraction of sp³-hybridized carbons (Fsp3) is 0.357. The normalized spacial score (nSPS) is 14.1. The second-order valence-electron chi connectivity index (χ2n) is 4.74. The summed E-state index contributed by atoms with van der Waals surface area (Å²) < 4.78 is 26.5. The van der Waals surface area contributed by atoms with Crippen LogP contribution in [-0.2, 0) is 14.8 Å². The smallest absolute Gasteiger partial charge is 0.241 e. The van der Waals surface area contributed by atoms with Gasteiger partial charge in [0.15, 0.2) is 0 Å². The summed E-state index contributed by atoms with van der Waals surface area (Å²) in [5, 5.41) is 12.3. The molecule has 1 amide bonds. The van der Waals surface area contributed by atoms with Gasteiger partial charge < -0.3 is 10.4 Å². The number of nitrogens with one attached hydrogen (secondary N) is 2. The summed E-state index contributed by atoms with van der Waals surface area (Å²) >= 11 is 5.70. The maximum Gasteiger partial charge on any atom is 0.241 e. The number of amides is 1. The highest BCUT2D eigenvalue weighted by Crippen LogP contribution is 2.14. The van der Waals surface area contributed by atoms with E-state index in [1.807, 2.05) is 0 Å². The highest BCUT2D eigenvalue weighted by Gasteiger charge is 2.25. The molecule has 22 heavy (non-hydrogen) atoms. The molecule has 8 heteroatoms. The molecule has 0 aliphatic carbocycles. The lowest BCUT2D eigenvalue weighted by Gasteiger charge is -2.19. The molecule has 0 heterocycles. The number of sulfonamides is 1. The van der Waals surface area contributed by atoms with Crippen LogP contribution in [0.15, 0.2) is 41.8 Å². The molecule has 0 spiro atoms. The highest BCUT2D eigenvalue weighted by molar-refractivity contribution is 7.89. The molecule has 122 valence electrons. The van der Waals surface area contributed by atoms with Crippen LogP contribution in [0.25, 0.3) is 0 Å². The van der Waals surface area contributed by atoms with Crippen molar-refractivity contribution < 1.29 is 18.3 Å². The van der Waals surface area contributed by atoms with Crippen molar-refractivity contribution in [2.24, 2.45) is 0 Å². The number of benzene rings is 1. The standard InChI is InChI=1S/C14H19ClN2O4S/c1-3-4-10(2)16-14(19)13(9-18)17-22(20,21)12-7-5-11(15)6-8-12/h3,5-8,10,13,17-18H,1,4,9H2,2H3,(H,16,19). The molecule has 3 N–H and O–H groups in total. The molecular weight excluding hydrogens is 328 g/mol. The van der Waals surface area contributed by atoms with E-state index in [9.17, 15) is 18.3 Å². The van der Waals surface area contributed by atoms with Crippen molar-refractivity contribution in [2.75, 3.05) is 6.61 Å². The first-order valence-electron chi connectivity index (χ1n) is 6.60. The predicted molar refractivity (Wildman–Crippen MR) is 85.1 cm³/mol. The average Bonchev–Trinajstić information content (AvgIpc) is 2.45. The molecule has 0 radical (unpaired) electrons. The van der Waals surface area contributed by atoms with Gasteiger partial charge in [-0.2, -0.15) is 4.72 Å². The van der Waals surface area contributed by atoms with E-state index in [4.69, 9.17) is 11.6 Å². The third kappa shape index (κ3) is 5.42. The number of hydrogen-bond acceptors (Lipinski definition) is 4. The first-order chi connectivity index (χ1) is 10.3. The molecule has 0 aromatic heterocycles. The Morgan fingerprint density at radius 1 is 1.41 bits per heavy atom. The molecule has 0 aliphatic rings. The van der Waals surface area contributed by atoms with Crippen LogP contribution in [-0.4, -0.2) is 38.1 Å². The third-order valence-corrected chi connectivity index (χ3v) is 4.57. The van der Waals surface area contributed by atoms with E-state index in [0.29, 0.717) is 11.4 Å². The van der Waals surface area contributed by atoms with Crippen LogP contribution in [0.1, 0.15) is 13.3 Å². The lowest BCUT2D eigenvalue weighted by Crippen LogP contribution is -2.50. The van der Waals surface area contributed by atoms with Crippen molar-refractivity contribution in [3.63, 3.8) is 0 Å². The summed E-state index contributed by atoms with van der Waals surface area (Å²) in [6, 6.07) is 4.01. The van der Waals surface area contributed by atoms with Crippen LogP contribution >= 0.6 is 11.6 Å². The van der Waals surface area contributed by atoms with Crippen LogP contribution < -0.4 is 10.0 Å². The van der Waals surface area contributed by atoms with Gasteiger partial charge >= 0.3 is 0 Å². The molecule has 0 fully saturated rings. The Kier molecular flexibility index (Phi) is 7.02. The van der Waals surface area contributed by atoms with Crippen LogP contribution in [0.4, 0.5) is 0 Å². The molecule has 2 unspecified atom stereocenters. The summed E-state index contributed by atoms with van der Waals surface area (Å²) in [5.41, 5.74) is 0. The molecule has 0 aliphatic heterocycles. The number of carbonyl (C=O) groups excluding carboxylic acids is 1. The van der Waals surface area contributed by atoms with Gasteiger partial charge in [-0.15, -0.1) is 6.58 Å². The maximum atomic E-state index is 12.2. The van der Waals surface area contributed by atoms with Gasteiger partial charge in [0.05, 0.1) is 11.5 Å². The Morgan fingerprint density at radius 2 is 2.00 bits per heavy atom. The Labute approximate surface area is 135 Å². The van der Waals surface area contributed by atoms with Crippen molar-refractivity contribution in [2.45, 2.75) is 30.3 Å². The summed E-state index contributed by atoms with van der Waals surface area (Å²) in [7, 11) is -3.93. The largest absolute Gasteiger partial charge is 0.394 e. The summed E-state index contributed by atoms with van der Waals surface area (Å²) in [4.78, 5) is 11.9. The number of aliphatic hydroxyl groups excluding tert-OH is 1. The van der Waals surface area contributed by atoms with Crippen molar-refractivity contribution >= 4 is 27.5 Å². The van der Waals surface area contributed by atoms with Gasteiger partial charge in [-0.3, -0.25) is 4.79 Å². The van der Waals surface area contributed by atoms with Gasteiger partial charge in [0.2, 0.25) is 15.9 Å². The number of rotatable bonds is 8. The number of carbonyl (C=O) groups is 1. The lowest BCUT2D eigenvalue weighted by atomic mass is 10.2. The zero-order chi connectivity index (χ0) is 16.8. The van der Waals surface area contributed by atoms with Gasteiger partial charge in [-0.25, -0.2) is 8.42 Å². The second kappa shape index (κ2) is 8.28. The van der Waals surface area contributed by atoms with E-state index < -0.39 is 28.6 Å². The minimum Gasteiger partial charge on any atom is -0.394 e. The van der Waals surface area contributed by atoms with Crippen LogP contribution in [0.2, 0.25) is 5.02 Å². The highest BCUT2D eigenvalue weighted by atomic mass is 35.5. The zero-order valence-electron chi connectivity index (χ0n) is 12.1. The molecule has 0 saturated carbocycles. The summed E-state index contributed by atoms with van der Waals surface area (Å²) in [6.45, 7) is 4.65. The molecule has 0 saturated heterocycles. The van der Waals surface area contributed by atoms with E-state index in [2.05, 4.69) is 16.6 Å². The first-order valence-corrected chi connectivity index (χ1v) is 8.46. The molecule has 1 aromatic rings. The molecule has 0 bridgehead atoms. The monoisotopic (exact) mass is 346 g/mol. The van der Waals surface area contributed by atoms with E-state index in [1.54, 1.807) is 13.0 Å². The summed E-state index contributed by atoms with van der Waals surface area (Å²) in [6.07, 6.45) is 2.17. The number of aliphatic hydroxyl groups is 1. The average molecular weight is 347 g/mol. The van der Waals surface area contributed by atoms with E-state index in [0.717, 1.165) is 0 Å². The summed E-state index contributed by atoms with van der Waals surface area (Å²) in [5.74, 6) is -0.602. The Morgan fingerprint density at radius 3 is 2.50 bits per heavy atom. The molecule has 6 nitrogen and oxygen atoms in total. The minimum absolute atomic E-state index is 0.0395. The zero-order valence-corrected chi connectivity index (χ0v) is 13.7. The molecular formula is C14H19ClN2O4S. The van der Waals surface area contributed by atoms with Gasteiger partial charge in [0.25, 0.3) is 0 Å². The van der Waals surface area contributed by atoms with Gasteiger partial charge in [0.1, 0.15) is 6.04 Å². The van der Waals surface area contributed by atoms with Crippen molar-refractivity contribution in [3.05, 3.63) is 41.9 Å². The topological polar surface area (TPSA) is 95.5 Å². The first kappa shape index (κ1) is 18.6. The Hall–Kier alpha value is -1.41. The fourth-order valence-corrected chi connectivity index (χ4v) is 3.01. The maximum absolute atomic E-state index is 12.2. The third-order valence-electron chi connectivity index (χ3n) is 2.83. The van der Waals surface area contributed by atoms with Gasteiger partial charge in [-0.05, 0) is 37.6 Å². The van der Waals surface area contributed by atoms with Gasteiger partial charge in [0, 0.05) is 11.1 Å². The fourth-order valence-electron chi connectivity index (χ4n) is 1.70. The van der Waals surface area contributed by atoms with Crippen LogP contribution in [0, 0.1) is 0 Å².